The molecule has 2 aromatic heterocycles. The van der Waals surface area contributed by atoms with Crippen molar-refractivity contribution in [2.45, 2.75) is 43.4 Å². The van der Waals surface area contributed by atoms with Crippen molar-refractivity contribution < 1.29 is 27.2 Å². The van der Waals surface area contributed by atoms with E-state index in [0.29, 0.717) is 29.7 Å². The van der Waals surface area contributed by atoms with Crippen molar-refractivity contribution in [3.8, 4) is 22.5 Å². The molecule has 14 heteroatoms. The molecule has 2 aliphatic carbocycles. The zero-order chi connectivity index (χ0) is 25.8. The van der Waals surface area contributed by atoms with Crippen LogP contribution in [0.25, 0.3) is 22.5 Å². The second kappa shape index (κ2) is 8.50. The van der Waals surface area contributed by atoms with Crippen molar-refractivity contribution in [3.05, 3.63) is 46.5 Å². The van der Waals surface area contributed by atoms with Gasteiger partial charge in [0.15, 0.2) is 0 Å². The number of aryl methyl sites for hydroxylation is 2. The third kappa shape index (κ3) is 4.38. The van der Waals surface area contributed by atoms with Crippen LogP contribution >= 0.6 is 11.6 Å². The van der Waals surface area contributed by atoms with Gasteiger partial charge < -0.3 is 10.6 Å². The fourth-order valence-electron chi connectivity index (χ4n) is 4.29. The van der Waals surface area contributed by atoms with Crippen molar-refractivity contribution in [3.63, 3.8) is 0 Å². The molecule has 2 aliphatic rings. The number of pyridine rings is 1. The lowest BCUT2D eigenvalue weighted by molar-refractivity contribution is -0.175. The first kappa shape index (κ1) is 24.1. The van der Waals surface area contributed by atoms with Gasteiger partial charge in [-0.2, -0.15) is 18.0 Å². The number of halogens is 5. The molecule has 5 rings (SSSR count). The van der Waals surface area contributed by atoms with E-state index in [9.17, 15) is 27.2 Å². The summed E-state index contributed by atoms with van der Waals surface area (Å²) in [5.74, 6) is -3.39. The highest BCUT2D eigenvalue weighted by Crippen LogP contribution is 2.40. The van der Waals surface area contributed by atoms with Gasteiger partial charge in [0.25, 0.3) is 0 Å². The average Bonchev–Trinajstić information content (AvgIpc) is 3.29. The van der Waals surface area contributed by atoms with Gasteiger partial charge in [-0.15, -0.1) is 10.2 Å². The molecule has 1 atom stereocenters. The number of aromatic nitrogens is 5. The van der Waals surface area contributed by atoms with Crippen LogP contribution < -0.4 is 10.6 Å². The molecule has 0 bridgehead atoms. The van der Waals surface area contributed by atoms with Crippen LogP contribution in [0.5, 0.6) is 0 Å². The topological polar surface area (TPSA) is 115 Å². The van der Waals surface area contributed by atoms with Gasteiger partial charge in [0.05, 0.1) is 24.3 Å². The number of amides is 2. The standard InChI is InChI=1S/C22H18ClF4N7O2/c1-34-32-18(31-33-34)16-13(7-12(23)8-14(16)24)11-6-10-2-3-15(17(10)28-9-11)29-19(35)21(4-5-21)30-20(36)22(25,26)27/h6-9,15H,2-5H2,1H3,(H,29,35)(H,30,36). The van der Waals surface area contributed by atoms with Gasteiger partial charge >= 0.3 is 12.1 Å². The molecule has 2 heterocycles. The zero-order valence-corrected chi connectivity index (χ0v) is 19.4. The third-order valence-electron chi connectivity index (χ3n) is 6.23. The quantitative estimate of drug-likeness (QED) is 0.497. The zero-order valence-electron chi connectivity index (χ0n) is 18.7. The van der Waals surface area contributed by atoms with Crippen LogP contribution in [-0.2, 0) is 23.1 Å². The number of nitrogens with one attached hydrogen (secondary N) is 2. The maximum Gasteiger partial charge on any atom is 0.471 e. The fraction of sp³-hybridized carbons (Fsp3) is 0.364. The summed E-state index contributed by atoms with van der Waals surface area (Å²) in [5, 5.41) is 16.4. The number of nitrogens with zero attached hydrogens (tertiary/aromatic N) is 5. The minimum absolute atomic E-state index is 0.0722. The van der Waals surface area contributed by atoms with Gasteiger partial charge in [-0.3, -0.25) is 14.6 Å². The monoisotopic (exact) mass is 523 g/mol. The molecule has 2 amide bonds. The van der Waals surface area contributed by atoms with Crippen molar-refractivity contribution in [2.24, 2.45) is 7.05 Å². The van der Waals surface area contributed by atoms with E-state index in [1.165, 1.54) is 11.0 Å². The molecule has 3 aromatic rings. The first-order valence-corrected chi connectivity index (χ1v) is 11.3. The number of hydrogen-bond acceptors (Lipinski definition) is 6. The number of carbonyl (C=O) groups is 2. The molecule has 0 radical (unpaired) electrons. The second-order valence-electron chi connectivity index (χ2n) is 8.78. The van der Waals surface area contributed by atoms with E-state index in [1.807, 2.05) is 0 Å². The molecule has 1 aromatic carbocycles. The Labute approximate surface area is 206 Å². The summed E-state index contributed by atoms with van der Waals surface area (Å²) < 4.78 is 52.8. The number of tetrazole rings is 1. The smallest absolute Gasteiger partial charge is 0.346 e. The lowest BCUT2D eigenvalue weighted by Crippen LogP contribution is -2.53. The first-order valence-electron chi connectivity index (χ1n) is 10.9. The van der Waals surface area contributed by atoms with E-state index in [-0.39, 0.29) is 29.3 Å². The van der Waals surface area contributed by atoms with E-state index in [1.54, 1.807) is 24.5 Å². The van der Waals surface area contributed by atoms with Crippen molar-refractivity contribution in [1.29, 1.82) is 0 Å². The molecule has 2 N–H and O–H groups in total. The molecule has 1 fully saturated rings. The highest BCUT2D eigenvalue weighted by Gasteiger charge is 2.55. The molecular weight excluding hydrogens is 506 g/mol. The maximum absolute atomic E-state index is 14.9. The van der Waals surface area contributed by atoms with E-state index in [4.69, 9.17) is 11.6 Å². The van der Waals surface area contributed by atoms with Gasteiger partial charge in [-0.1, -0.05) is 11.6 Å². The van der Waals surface area contributed by atoms with Gasteiger partial charge in [-0.25, -0.2) is 4.39 Å². The van der Waals surface area contributed by atoms with E-state index < -0.39 is 35.4 Å². The maximum atomic E-state index is 14.9. The third-order valence-corrected chi connectivity index (χ3v) is 6.45. The summed E-state index contributed by atoms with van der Waals surface area (Å²) >= 11 is 6.11. The predicted octanol–water partition coefficient (Wildman–Crippen LogP) is 3.05. The molecule has 1 unspecified atom stereocenters. The Hall–Kier alpha value is -3.61. The number of fused-ring (bicyclic) bond motifs is 1. The van der Waals surface area contributed by atoms with Crippen LogP contribution in [-0.4, -0.2) is 48.7 Å². The lowest BCUT2D eigenvalue weighted by Gasteiger charge is -2.21. The number of rotatable bonds is 5. The molecule has 0 spiro atoms. The van der Waals surface area contributed by atoms with E-state index >= 15 is 0 Å². The highest BCUT2D eigenvalue weighted by atomic mass is 35.5. The molecule has 9 nitrogen and oxygen atoms in total. The van der Waals surface area contributed by atoms with Gasteiger partial charge in [0, 0.05) is 16.8 Å². The van der Waals surface area contributed by atoms with Gasteiger partial charge in [0.2, 0.25) is 11.7 Å². The van der Waals surface area contributed by atoms with Crippen molar-refractivity contribution in [1.82, 2.24) is 35.8 Å². The van der Waals surface area contributed by atoms with Crippen LogP contribution in [0.4, 0.5) is 17.6 Å². The predicted molar refractivity (Wildman–Crippen MR) is 118 cm³/mol. The second-order valence-corrected chi connectivity index (χ2v) is 9.22. The van der Waals surface area contributed by atoms with Gasteiger partial charge in [0.1, 0.15) is 11.4 Å². The Balaban J connectivity index is 1.40. The number of hydrogen-bond donors (Lipinski definition) is 2. The summed E-state index contributed by atoms with van der Waals surface area (Å²) in [6.07, 6.45) is -2.37. The van der Waals surface area contributed by atoms with Crippen molar-refractivity contribution in [2.75, 3.05) is 0 Å². The SMILES string of the molecule is Cn1nnc(-c2c(F)cc(Cl)cc2-c2cnc3c(c2)CCC3NC(=O)C2(NC(=O)C(F)(F)F)CC2)n1. The summed E-state index contributed by atoms with van der Waals surface area (Å²) in [4.78, 5) is 29.7. The Morgan fingerprint density at radius 3 is 2.61 bits per heavy atom. The molecule has 0 saturated heterocycles. The van der Waals surface area contributed by atoms with Crippen LogP contribution in [0.3, 0.4) is 0 Å². The van der Waals surface area contributed by atoms with E-state index in [0.717, 1.165) is 11.6 Å². The number of benzene rings is 1. The highest BCUT2D eigenvalue weighted by molar-refractivity contribution is 6.31. The molecule has 0 aliphatic heterocycles. The molecule has 188 valence electrons. The van der Waals surface area contributed by atoms with Crippen molar-refractivity contribution >= 4 is 23.4 Å². The van der Waals surface area contributed by atoms with Gasteiger partial charge in [-0.05, 0) is 60.2 Å². The Morgan fingerprint density at radius 2 is 1.97 bits per heavy atom. The Kier molecular flexibility index (Phi) is 5.69. The number of alkyl halides is 3. The Bertz CT molecular complexity index is 1390. The van der Waals surface area contributed by atoms with E-state index in [2.05, 4.69) is 25.7 Å². The molecule has 36 heavy (non-hydrogen) atoms. The lowest BCUT2D eigenvalue weighted by atomic mass is 9.98. The molecular formula is C22H18ClF4N7O2. The first-order chi connectivity index (χ1) is 17.0. The largest absolute Gasteiger partial charge is 0.471 e. The number of carbonyl (C=O) groups excluding carboxylic acids is 2. The summed E-state index contributed by atoms with van der Waals surface area (Å²) in [6.45, 7) is 0. The summed E-state index contributed by atoms with van der Waals surface area (Å²) in [5.41, 5.74) is 0.815. The van der Waals surface area contributed by atoms with Crippen LogP contribution in [0.15, 0.2) is 24.4 Å². The van der Waals surface area contributed by atoms with Crippen LogP contribution in [0, 0.1) is 5.82 Å². The Morgan fingerprint density at radius 1 is 1.22 bits per heavy atom. The van der Waals surface area contributed by atoms with Crippen LogP contribution in [0.1, 0.15) is 36.6 Å². The summed E-state index contributed by atoms with van der Waals surface area (Å²) in [6, 6.07) is 3.96. The minimum atomic E-state index is -5.08. The normalized spacial score (nSPS) is 18.0. The van der Waals surface area contributed by atoms with Crippen LogP contribution in [0.2, 0.25) is 5.02 Å². The fourth-order valence-corrected chi connectivity index (χ4v) is 4.50. The minimum Gasteiger partial charge on any atom is -0.346 e. The molecule has 1 saturated carbocycles. The summed E-state index contributed by atoms with van der Waals surface area (Å²) in [7, 11) is 1.55. The average molecular weight is 524 g/mol.